The van der Waals surface area contributed by atoms with E-state index in [0.29, 0.717) is 0 Å². The number of benzene rings is 2. The summed E-state index contributed by atoms with van der Waals surface area (Å²) in [7, 11) is 3.86. The minimum atomic E-state index is 0.777. The molecule has 0 bridgehead atoms. The molecule has 0 amide bonds. The van der Waals surface area contributed by atoms with Crippen molar-refractivity contribution in [3.63, 3.8) is 0 Å². The number of unbranched alkanes of at least 4 members (excludes halogenated alkanes) is 1. The van der Waals surface area contributed by atoms with Crippen LogP contribution in [-0.4, -0.2) is 43.1 Å². The normalized spacial score (nSPS) is 11.0. The van der Waals surface area contributed by atoms with E-state index in [4.69, 9.17) is 4.74 Å². The van der Waals surface area contributed by atoms with Gasteiger partial charge in [-0.3, -0.25) is 0 Å². The molecule has 0 unspecified atom stereocenters. The summed E-state index contributed by atoms with van der Waals surface area (Å²) < 4.78 is 12.0. The monoisotopic (exact) mass is 442 g/mol. The maximum absolute atomic E-state index is 5.09. The van der Waals surface area contributed by atoms with E-state index in [0.717, 1.165) is 53.8 Å². The first-order valence-electron chi connectivity index (χ1n) is 8.99. The van der Waals surface area contributed by atoms with Crippen LogP contribution in [0, 0.1) is 11.8 Å². The zero-order chi connectivity index (χ0) is 19.1. The van der Waals surface area contributed by atoms with Crippen LogP contribution in [0.3, 0.4) is 0 Å². The average Bonchev–Trinajstić information content (AvgIpc) is 3.10. The van der Waals surface area contributed by atoms with Gasteiger partial charge in [0.15, 0.2) is 0 Å². The Morgan fingerprint density at radius 1 is 1.15 bits per heavy atom. The number of hydrogen-bond acceptors (Lipinski definition) is 4. The molecule has 1 heterocycles. The molecule has 0 radical (unpaired) electrons. The minimum Gasteiger partial charge on any atom is -0.383 e. The fraction of sp³-hybridized carbons (Fsp3) is 0.318. The zero-order valence-corrected chi connectivity index (χ0v) is 18.1. The third-order valence-electron chi connectivity index (χ3n) is 4.34. The minimum absolute atomic E-state index is 0.777. The molecule has 3 nitrogen and oxygen atoms in total. The van der Waals surface area contributed by atoms with Crippen LogP contribution < -0.4 is 0 Å². The number of rotatable bonds is 7. The lowest BCUT2D eigenvalue weighted by molar-refractivity contribution is 0.161. The Hall–Kier alpha value is -1.71. The fourth-order valence-corrected chi connectivity index (χ4v) is 3.89. The second-order valence-electron chi connectivity index (χ2n) is 6.45. The van der Waals surface area contributed by atoms with Crippen molar-refractivity contribution in [2.24, 2.45) is 0 Å². The van der Waals surface area contributed by atoms with Crippen molar-refractivity contribution < 1.29 is 4.74 Å². The van der Waals surface area contributed by atoms with Gasteiger partial charge in [0.05, 0.1) is 17.0 Å². The largest absolute Gasteiger partial charge is 0.383 e. The van der Waals surface area contributed by atoms with E-state index in [1.54, 1.807) is 7.11 Å². The van der Waals surface area contributed by atoms with Crippen LogP contribution in [0.15, 0.2) is 46.9 Å². The summed E-state index contributed by atoms with van der Waals surface area (Å²) in [6.07, 6.45) is 1.98. The van der Waals surface area contributed by atoms with Crippen LogP contribution in [0.1, 0.15) is 18.4 Å². The summed E-state index contributed by atoms with van der Waals surface area (Å²) in [5, 5.41) is 1.19. The molecular weight excluding hydrogens is 420 g/mol. The van der Waals surface area contributed by atoms with Crippen molar-refractivity contribution in [3.05, 3.63) is 52.5 Å². The molecule has 0 aliphatic heterocycles. The molecule has 140 valence electrons. The Balaban J connectivity index is 1.62. The zero-order valence-electron chi connectivity index (χ0n) is 15.7. The highest BCUT2D eigenvalue weighted by molar-refractivity contribution is 9.10. The van der Waals surface area contributed by atoms with Gasteiger partial charge in [-0.25, -0.2) is 0 Å². The van der Waals surface area contributed by atoms with Gasteiger partial charge in [0.2, 0.25) is 0 Å². The predicted octanol–water partition coefficient (Wildman–Crippen LogP) is 5.44. The van der Waals surface area contributed by atoms with E-state index < -0.39 is 0 Å². The van der Waals surface area contributed by atoms with Crippen LogP contribution in [0.4, 0.5) is 0 Å². The van der Waals surface area contributed by atoms with Gasteiger partial charge in [-0.2, -0.15) is 4.37 Å². The summed E-state index contributed by atoms with van der Waals surface area (Å²) in [6, 6.07) is 14.7. The summed E-state index contributed by atoms with van der Waals surface area (Å²) in [5.41, 5.74) is 3.24. The van der Waals surface area contributed by atoms with Gasteiger partial charge in [0.25, 0.3) is 0 Å². The standard InChI is InChI=1S/C22H23BrN2OS/c1-25(14-15-26-2)13-5-3-4-6-17-7-12-20-21(16-17)27-24-22(20)18-8-10-19(23)11-9-18/h7-12,16H,3,5,13-15H2,1-2H3. The smallest absolute Gasteiger partial charge is 0.0919 e. The molecular formula is C22H23BrN2OS. The van der Waals surface area contributed by atoms with Crippen molar-refractivity contribution in [3.8, 4) is 23.1 Å². The Morgan fingerprint density at radius 3 is 2.74 bits per heavy atom. The number of aromatic nitrogens is 1. The van der Waals surface area contributed by atoms with Gasteiger partial charge in [-0.15, -0.1) is 0 Å². The molecule has 27 heavy (non-hydrogen) atoms. The van der Waals surface area contributed by atoms with E-state index in [2.05, 4.69) is 74.4 Å². The van der Waals surface area contributed by atoms with E-state index in [1.807, 2.05) is 12.1 Å². The Bertz CT molecular complexity index is 940. The van der Waals surface area contributed by atoms with Crippen molar-refractivity contribution in [1.82, 2.24) is 9.27 Å². The summed E-state index contributed by atoms with van der Waals surface area (Å²) in [5.74, 6) is 6.58. The Kier molecular flexibility index (Phi) is 7.42. The van der Waals surface area contributed by atoms with Crippen LogP contribution in [-0.2, 0) is 4.74 Å². The molecule has 0 atom stereocenters. The van der Waals surface area contributed by atoms with Crippen molar-refractivity contribution in [2.45, 2.75) is 12.8 Å². The maximum Gasteiger partial charge on any atom is 0.0919 e. The highest BCUT2D eigenvalue weighted by atomic mass is 79.9. The van der Waals surface area contributed by atoms with E-state index in [1.165, 1.54) is 21.6 Å². The van der Waals surface area contributed by atoms with Crippen molar-refractivity contribution in [2.75, 3.05) is 33.9 Å². The lowest BCUT2D eigenvalue weighted by Gasteiger charge is -2.14. The first-order chi connectivity index (χ1) is 13.2. The summed E-state index contributed by atoms with van der Waals surface area (Å²) in [6.45, 7) is 2.79. The second-order valence-corrected chi connectivity index (χ2v) is 8.17. The number of likely N-dealkylation sites (N-methyl/N-ethyl adjacent to an activating group) is 1. The van der Waals surface area contributed by atoms with Gasteiger partial charge in [-0.1, -0.05) is 46.0 Å². The Labute approximate surface area is 173 Å². The van der Waals surface area contributed by atoms with Gasteiger partial charge >= 0.3 is 0 Å². The van der Waals surface area contributed by atoms with Gasteiger partial charge in [0.1, 0.15) is 0 Å². The molecule has 5 heteroatoms. The first kappa shape index (κ1) is 20.0. The Morgan fingerprint density at radius 2 is 1.96 bits per heavy atom. The number of ether oxygens (including phenoxy) is 1. The lowest BCUT2D eigenvalue weighted by atomic mass is 10.1. The van der Waals surface area contributed by atoms with E-state index in [9.17, 15) is 0 Å². The average molecular weight is 443 g/mol. The summed E-state index contributed by atoms with van der Waals surface area (Å²) in [4.78, 5) is 2.28. The summed E-state index contributed by atoms with van der Waals surface area (Å²) >= 11 is 5.01. The number of nitrogens with zero attached hydrogens (tertiary/aromatic N) is 2. The fourth-order valence-electron chi connectivity index (χ4n) is 2.79. The third-order valence-corrected chi connectivity index (χ3v) is 5.68. The topological polar surface area (TPSA) is 25.4 Å². The molecule has 0 saturated carbocycles. The van der Waals surface area contributed by atoms with Crippen LogP contribution >= 0.6 is 27.5 Å². The van der Waals surface area contributed by atoms with Gasteiger partial charge in [0, 0.05) is 41.1 Å². The quantitative estimate of drug-likeness (QED) is 0.359. The SMILES string of the molecule is COCCN(C)CCCC#Cc1ccc2c(-c3ccc(Br)cc3)nsc2c1. The number of methoxy groups -OCH3 is 1. The highest BCUT2D eigenvalue weighted by Crippen LogP contribution is 2.31. The maximum atomic E-state index is 5.09. The van der Waals surface area contributed by atoms with E-state index >= 15 is 0 Å². The number of hydrogen-bond donors (Lipinski definition) is 0. The molecule has 1 aromatic heterocycles. The van der Waals surface area contributed by atoms with Gasteiger partial charge in [-0.05, 0) is 55.8 Å². The van der Waals surface area contributed by atoms with Crippen LogP contribution in [0.5, 0.6) is 0 Å². The second kappa shape index (κ2) is 10.0. The molecule has 0 aliphatic rings. The number of halogens is 1. The molecule has 3 rings (SSSR count). The van der Waals surface area contributed by atoms with Gasteiger partial charge < -0.3 is 9.64 Å². The lowest BCUT2D eigenvalue weighted by Crippen LogP contribution is -2.23. The molecule has 2 aromatic carbocycles. The highest BCUT2D eigenvalue weighted by Gasteiger charge is 2.08. The van der Waals surface area contributed by atoms with Crippen LogP contribution in [0.2, 0.25) is 0 Å². The predicted molar refractivity (Wildman–Crippen MR) is 118 cm³/mol. The molecule has 0 N–H and O–H groups in total. The molecule has 0 spiro atoms. The molecule has 3 aromatic rings. The number of fused-ring (bicyclic) bond motifs is 1. The van der Waals surface area contributed by atoms with Crippen molar-refractivity contribution >= 4 is 37.5 Å². The van der Waals surface area contributed by atoms with E-state index in [-0.39, 0.29) is 0 Å². The molecule has 0 saturated heterocycles. The molecule has 0 aliphatic carbocycles. The third kappa shape index (κ3) is 5.63. The first-order valence-corrected chi connectivity index (χ1v) is 10.6. The van der Waals surface area contributed by atoms with Crippen LogP contribution in [0.25, 0.3) is 21.3 Å². The van der Waals surface area contributed by atoms with Crippen molar-refractivity contribution in [1.29, 1.82) is 0 Å². The molecule has 0 fully saturated rings.